The van der Waals surface area contributed by atoms with E-state index in [4.69, 9.17) is 5.73 Å². The number of nitrogens with zero attached hydrogens (tertiary/aromatic N) is 3. The summed E-state index contributed by atoms with van der Waals surface area (Å²) >= 11 is 0. The zero-order valence-corrected chi connectivity index (χ0v) is 17.8. The van der Waals surface area contributed by atoms with E-state index in [1.807, 2.05) is 30.3 Å². The van der Waals surface area contributed by atoms with E-state index in [9.17, 15) is 4.79 Å². The molecule has 7 heteroatoms. The summed E-state index contributed by atoms with van der Waals surface area (Å²) in [5, 5.41) is 6.35. The van der Waals surface area contributed by atoms with Crippen LogP contribution >= 0.6 is 0 Å². The first kappa shape index (κ1) is 21.0. The zero-order chi connectivity index (χ0) is 21.0. The van der Waals surface area contributed by atoms with Crippen molar-refractivity contribution in [3.05, 3.63) is 35.9 Å². The molecule has 1 amide bonds. The molecule has 0 atom stereocenters. The molecule has 1 aliphatic carbocycles. The number of carbonyl (C=O) groups is 1. The van der Waals surface area contributed by atoms with Gasteiger partial charge in [-0.05, 0) is 52.7 Å². The summed E-state index contributed by atoms with van der Waals surface area (Å²) in [7, 11) is 0. The standard InChI is InChI=1S/C22H32N6O/c1-14(2)28(15(3)4)12-11-24-20-13-19(26-22(23)27-20)16-5-7-17(8-6-16)21(29)25-18-9-10-18/h5-8,13-15,18H,9-12H2,1-4H3,(H,25,29)(H3,23,24,26,27). The molecule has 1 aromatic heterocycles. The number of hydrogen-bond donors (Lipinski definition) is 3. The van der Waals surface area contributed by atoms with Gasteiger partial charge in [-0.25, -0.2) is 4.98 Å². The molecule has 1 saturated carbocycles. The Kier molecular flexibility index (Phi) is 6.69. The van der Waals surface area contributed by atoms with Gasteiger partial charge in [0.2, 0.25) is 5.95 Å². The summed E-state index contributed by atoms with van der Waals surface area (Å²) in [6, 6.07) is 10.6. The molecule has 1 heterocycles. The molecule has 0 aliphatic heterocycles. The minimum absolute atomic E-state index is 0.0246. The van der Waals surface area contributed by atoms with E-state index >= 15 is 0 Å². The number of amides is 1. The lowest BCUT2D eigenvalue weighted by Gasteiger charge is -2.30. The molecule has 3 rings (SSSR count). The van der Waals surface area contributed by atoms with E-state index in [0.29, 0.717) is 29.5 Å². The Hall–Kier alpha value is -2.67. The topological polar surface area (TPSA) is 96.2 Å². The molecule has 2 aromatic rings. The Labute approximate surface area is 173 Å². The Balaban J connectivity index is 1.66. The number of hydrogen-bond acceptors (Lipinski definition) is 6. The maximum atomic E-state index is 12.1. The summed E-state index contributed by atoms with van der Waals surface area (Å²) in [6.45, 7) is 10.5. The quantitative estimate of drug-likeness (QED) is 0.603. The number of rotatable bonds is 9. The van der Waals surface area contributed by atoms with Crippen LogP contribution in [0.25, 0.3) is 11.3 Å². The van der Waals surface area contributed by atoms with Crippen LogP contribution in [0.1, 0.15) is 50.9 Å². The summed E-state index contributed by atoms with van der Waals surface area (Å²) in [4.78, 5) is 23.2. The molecule has 1 aromatic carbocycles. The molecule has 29 heavy (non-hydrogen) atoms. The fraction of sp³-hybridized carbons (Fsp3) is 0.500. The van der Waals surface area contributed by atoms with Gasteiger partial charge in [-0.2, -0.15) is 4.98 Å². The second-order valence-electron chi connectivity index (χ2n) is 8.17. The van der Waals surface area contributed by atoms with Crippen LogP contribution in [0.5, 0.6) is 0 Å². The second kappa shape index (κ2) is 9.22. The van der Waals surface area contributed by atoms with Crippen LogP contribution in [0.3, 0.4) is 0 Å². The Morgan fingerprint density at radius 2 is 1.79 bits per heavy atom. The molecule has 4 N–H and O–H groups in total. The summed E-state index contributed by atoms with van der Waals surface area (Å²) < 4.78 is 0. The first-order valence-electron chi connectivity index (χ1n) is 10.4. The highest BCUT2D eigenvalue weighted by molar-refractivity contribution is 5.95. The Morgan fingerprint density at radius 1 is 1.14 bits per heavy atom. The normalized spacial score (nSPS) is 13.9. The van der Waals surface area contributed by atoms with Crippen LogP contribution in [0.15, 0.2) is 30.3 Å². The van der Waals surface area contributed by atoms with Crippen LogP contribution in [0.2, 0.25) is 0 Å². The van der Waals surface area contributed by atoms with Gasteiger partial charge in [-0.15, -0.1) is 0 Å². The maximum absolute atomic E-state index is 12.1. The molecule has 1 aliphatic rings. The second-order valence-corrected chi connectivity index (χ2v) is 8.17. The van der Waals surface area contributed by atoms with Gasteiger partial charge >= 0.3 is 0 Å². The van der Waals surface area contributed by atoms with E-state index in [0.717, 1.165) is 37.2 Å². The van der Waals surface area contributed by atoms with E-state index in [1.54, 1.807) is 0 Å². The molecule has 0 spiro atoms. The van der Waals surface area contributed by atoms with Gasteiger partial charge in [0.25, 0.3) is 5.91 Å². The average Bonchev–Trinajstić information content (AvgIpc) is 3.48. The van der Waals surface area contributed by atoms with E-state index in [2.05, 4.69) is 53.2 Å². The van der Waals surface area contributed by atoms with Crippen molar-refractivity contribution in [3.8, 4) is 11.3 Å². The number of aromatic nitrogens is 2. The predicted octanol–water partition coefficient (Wildman–Crippen LogP) is 3.15. The first-order chi connectivity index (χ1) is 13.8. The van der Waals surface area contributed by atoms with Crippen molar-refractivity contribution in [2.75, 3.05) is 24.1 Å². The maximum Gasteiger partial charge on any atom is 0.251 e. The zero-order valence-electron chi connectivity index (χ0n) is 17.8. The third kappa shape index (κ3) is 5.90. The van der Waals surface area contributed by atoms with Crippen molar-refractivity contribution in [2.24, 2.45) is 0 Å². The highest BCUT2D eigenvalue weighted by Gasteiger charge is 2.23. The van der Waals surface area contributed by atoms with Gasteiger partial charge in [0.15, 0.2) is 0 Å². The van der Waals surface area contributed by atoms with Crippen molar-refractivity contribution in [2.45, 2.75) is 58.7 Å². The number of nitrogens with one attached hydrogen (secondary N) is 2. The van der Waals surface area contributed by atoms with Gasteiger partial charge in [0, 0.05) is 48.4 Å². The molecule has 0 unspecified atom stereocenters. The van der Waals surface area contributed by atoms with Crippen LogP contribution < -0.4 is 16.4 Å². The van der Waals surface area contributed by atoms with Gasteiger partial charge in [0.1, 0.15) is 5.82 Å². The lowest BCUT2D eigenvalue weighted by molar-refractivity contribution is 0.0951. The van der Waals surface area contributed by atoms with Gasteiger partial charge in [-0.3, -0.25) is 9.69 Å². The Bertz CT molecular complexity index is 822. The molecule has 7 nitrogen and oxygen atoms in total. The van der Waals surface area contributed by atoms with E-state index < -0.39 is 0 Å². The highest BCUT2D eigenvalue weighted by Crippen LogP contribution is 2.23. The van der Waals surface area contributed by atoms with Crippen molar-refractivity contribution in [3.63, 3.8) is 0 Å². The van der Waals surface area contributed by atoms with Crippen LogP contribution in [0, 0.1) is 0 Å². The number of anilines is 2. The Morgan fingerprint density at radius 3 is 2.38 bits per heavy atom. The average molecular weight is 397 g/mol. The first-order valence-corrected chi connectivity index (χ1v) is 10.4. The van der Waals surface area contributed by atoms with Gasteiger partial charge < -0.3 is 16.4 Å². The molecular formula is C22H32N6O. The van der Waals surface area contributed by atoms with Gasteiger partial charge in [-0.1, -0.05) is 12.1 Å². The monoisotopic (exact) mass is 396 g/mol. The van der Waals surface area contributed by atoms with E-state index in [1.165, 1.54) is 0 Å². The van der Waals surface area contributed by atoms with Crippen LogP contribution in [-0.4, -0.2) is 52.0 Å². The number of benzene rings is 1. The van der Waals surface area contributed by atoms with Crippen molar-refractivity contribution in [1.82, 2.24) is 20.2 Å². The van der Waals surface area contributed by atoms with Crippen molar-refractivity contribution < 1.29 is 4.79 Å². The predicted molar refractivity (Wildman–Crippen MR) is 118 cm³/mol. The van der Waals surface area contributed by atoms with E-state index in [-0.39, 0.29) is 11.9 Å². The van der Waals surface area contributed by atoms with Crippen molar-refractivity contribution in [1.29, 1.82) is 0 Å². The number of nitrogen functional groups attached to an aromatic ring is 1. The minimum Gasteiger partial charge on any atom is -0.369 e. The van der Waals surface area contributed by atoms with Crippen LogP contribution in [-0.2, 0) is 0 Å². The van der Waals surface area contributed by atoms with Gasteiger partial charge in [0.05, 0.1) is 5.69 Å². The van der Waals surface area contributed by atoms with Crippen LogP contribution in [0.4, 0.5) is 11.8 Å². The fourth-order valence-corrected chi connectivity index (χ4v) is 3.42. The fourth-order valence-electron chi connectivity index (χ4n) is 3.42. The molecule has 0 saturated heterocycles. The highest BCUT2D eigenvalue weighted by atomic mass is 16.1. The molecule has 0 radical (unpaired) electrons. The molecular weight excluding hydrogens is 364 g/mol. The smallest absolute Gasteiger partial charge is 0.251 e. The summed E-state index contributed by atoms with van der Waals surface area (Å²) in [6.07, 6.45) is 2.15. The number of carbonyl (C=O) groups excluding carboxylic acids is 1. The largest absolute Gasteiger partial charge is 0.369 e. The minimum atomic E-state index is -0.0246. The lowest BCUT2D eigenvalue weighted by atomic mass is 10.1. The molecule has 0 bridgehead atoms. The molecule has 156 valence electrons. The summed E-state index contributed by atoms with van der Waals surface area (Å²) in [5.74, 6) is 0.907. The molecule has 1 fully saturated rings. The SMILES string of the molecule is CC(C)N(CCNc1cc(-c2ccc(C(=O)NC3CC3)cc2)nc(N)n1)C(C)C. The van der Waals surface area contributed by atoms with Crippen molar-refractivity contribution >= 4 is 17.7 Å². The third-order valence-electron chi connectivity index (χ3n) is 5.10. The number of nitrogens with two attached hydrogens (primary N) is 1. The third-order valence-corrected chi connectivity index (χ3v) is 5.10. The lowest BCUT2D eigenvalue weighted by Crippen LogP contribution is -2.40. The summed E-state index contributed by atoms with van der Waals surface area (Å²) in [5.41, 5.74) is 8.22.